The molecule has 0 bridgehead atoms. The van der Waals surface area contributed by atoms with Gasteiger partial charge < -0.3 is 10.2 Å². The molecule has 0 aromatic heterocycles. The van der Waals surface area contributed by atoms with E-state index in [4.69, 9.17) is 11.6 Å². The molecule has 2 rings (SSSR count). The number of nitro groups is 1. The zero-order chi connectivity index (χ0) is 11.5. The molecule has 0 amide bonds. The summed E-state index contributed by atoms with van der Waals surface area (Å²) in [6, 6.07) is 0. The van der Waals surface area contributed by atoms with Gasteiger partial charge in [-0.2, -0.15) is 0 Å². The second kappa shape index (κ2) is 4.48. The SMILES string of the molecule is O=[N+]([O-])C1=C(NCCCl)N=CN2CCN=C12. The van der Waals surface area contributed by atoms with Crippen molar-refractivity contribution in [1.82, 2.24) is 10.2 Å². The van der Waals surface area contributed by atoms with Crippen LogP contribution in [0.2, 0.25) is 0 Å². The van der Waals surface area contributed by atoms with Crippen LogP contribution in [0, 0.1) is 10.1 Å². The normalized spacial score (nSPS) is 18.6. The van der Waals surface area contributed by atoms with Crippen LogP contribution in [0.1, 0.15) is 0 Å². The van der Waals surface area contributed by atoms with E-state index in [2.05, 4.69) is 15.3 Å². The molecular formula is C8H10ClN5O2. The highest BCUT2D eigenvalue weighted by atomic mass is 35.5. The van der Waals surface area contributed by atoms with Gasteiger partial charge in [-0.05, 0) is 0 Å². The van der Waals surface area contributed by atoms with Gasteiger partial charge in [0.15, 0.2) is 0 Å². The van der Waals surface area contributed by atoms with Crippen LogP contribution in [0.15, 0.2) is 21.5 Å². The molecule has 0 aromatic carbocycles. The molecule has 0 saturated heterocycles. The molecule has 0 spiro atoms. The van der Waals surface area contributed by atoms with Crippen LogP contribution in [0.4, 0.5) is 0 Å². The summed E-state index contributed by atoms with van der Waals surface area (Å²) < 4.78 is 0. The first-order valence-corrected chi connectivity index (χ1v) is 5.31. The Hall–Kier alpha value is -1.63. The minimum atomic E-state index is -0.468. The Bertz CT molecular complexity index is 403. The van der Waals surface area contributed by atoms with Gasteiger partial charge in [-0.25, -0.2) is 4.99 Å². The predicted molar refractivity (Wildman–Crippen MR) is 60.2 cm³/mol. The van der Waals surface area contributed by atoms with Crippen LogP contribution >= 0.6 is 11.6 Å². The number of nitrogens with zero attached hydrogens (tertiary/aromatic N) is 4. The lowest BCUT2D eigenvalue weighted by Crippen LogP contribution is -2.36. The number of hydrogen-bond donors (Lipinski definition) is 1. The molecule has 0 atom stereocenters. The van der Waals surface area contributed by atoms with Crippen molar-refractivity contribution in [3.63, 3.8) is 0 Å². The maximum Gasteiger partial charge on any atom is 0.353 e. The van der Waals surface area contributed by atoms with Gasteiger partial charge in [-0.15, -0.1) is 11.6 Å². The fraction of sp³-hybridized carbons (Fsp3) is 0.500. The van der Waals surface area contributed by atoms with Crippen LogP contribution in [0.5, 0.6) is 0 Å². The molecule has 0 unspecified atom stereocenters. The molecule has 86 valence electrons. The summed E-state index contributed by atoms with van der Waals surface area (Å²) in [4.78, 5) is 20.3. The van der Waals surface area contributed by atoms with E-state index in [9.17, 15) is 10.1 Å². The third kappa shape index (κ3) is 1.85. The van der Waals surface area contributed by atoms with Gasteiger partial charge in [0.1, 0.15) is 0 Å². The van der Waals surface area contributed by atoms with Crippen molar-refractivity contribution in [1.29, 1.82) is 0 Å². The summed E-state index contributed by atoms with van der Waals surface area (Å²) in [6.45, 7) is 1.62. The fourth-order valence-corrected chi connectivity index (χ4v) is 1.64. The summed E-state index contributed by atoms with van der Waals surface area (Å²) in [5, 5.41) is 13.8. The molecule has 0 saturated carbocycles. The zero-order valence-corrected chi connectivity index (χ0v) is 9.15. The molecular weight excluding hydrogens is 234 g/mol. The largest absolute Gasteiger partial charge is 0.363 e. The number of aliphatic imine (C=N–C) groups is 2. The van der Waals surface area contributed by atoms with Crippen LogP contribution < -0.4 is 5.32 Å². The van der Waals surface area contributed by atoms with E-state index < -0.39 is 4.92 Å². The van der Waals surface area contributed by atoms with E-state index in [1.165, 1.54) is 0 Å². The van der Waals surface area contributed by atoms with Crippen molar-refractivity contribution >= 4 is 23.8 Å². The van der Waals surface area contributed by atoms with Gasteiger partial charge in [0.25, 0.3) is 0 Å². The van der Waals surface area contributed by atoms with Gasteiger partial charge in [-0.1, -0.05) is 0 Å². The average Bonchev–Trinajstić information content (AvgIpc) is 2.72. The van der Waals surface area contributed by atoms with E-state index in [-0.39, 0.29) is 11.5 Å². The molecule has 2 heterocycles. The molecule has 0 aromatic rings. The van der Waals surface area contributed by atoms with Crippen LogP contribution in [0.25, 0.3) is 0 Å². The maximum absolute atomic E-state index is 11.0. The molecule has 0 aliphatic carbocycles. The minimum Gasteiger partial charge on any atom is -0.363 e. The number of halogens is 1. The Kier molecular flexibility index (Phi) is 3.04. The fourth-order valence-electron chi connectivity index (χ4n) is 1.54. The number of fused-ring (bicyclic) bond motifs is 1. The van der Waals surface area contributed by atoms with Crippen molar-refractivity contribution in [3.8, 4) is 0 Å². The monoisotopic (exact) mass is 243 g/mol. The second-order valence-electron chi connectivity index (χ2n) is 3.21. The van der Waals surface area contributed by atoms with Gasteiger partial charge >= 0.3 is 5.70 Å². The third-order valence-corrected chi connectivity index (χ3v) is 2.40. The van der Waals surface area contributed by atoms with E-state index in [0.29, 0.717) is 31.3 Å². The molecule has 8 heteroatoms. The number of rotatable bonds is 4. The second-order valence-corrected chi connectivity index (χ2v) is 3.59. The van der Waals surface area contributed by atoms with Gasteiger partial charge in [0.2, 0.25) is 11.7 Å². The standard InChI is InChI=1S/C8H10ClN5O2/c9-1-2-10-7-6(14(15)16)8-11-3-4-13(8)5-12-7/h5,10H,1-4H2. The first kappa shape index (κ1) is 10.9. The van der Waals surface area contributed by atoms with Gasteiger partial charge in [0.05, 0.1) is 17.8 Å². The van der Waals surface area contributed by atoms with Crippen LogP contribution in [0.3, 0.4) is 0 Å². The highest BCUT2D eigenvalue weighted by molar-refractivity contribution is 6.18. The van der Waals surface area contributed by atoms with Gasteiger partial charge in [0, 0.05) is 19.0 Å². The highest BCUT2D eigenvalue weighted by Gasteiger charge is 2.34. The smallest absolute Gasteiger partial charge is 0.353 e. The zero-order valence-electron chi connectivity index (χ0n) is 8.39. The van der Waals surface area contributed by atoms with Crippen molar-refractivity contribution in [2.45, 2.75) is 0 Å². The summed E-state index contributed by atoms with van der Waals surface area (Å²) in [5.74, 6) is 0.958. The lowest BCUT2D eigenvalue weighted by Gasteiger charge is -2.18. The number of hydrogen-bond acceptors (Lipinski definition) is 6. The molecule has 16 heavy (non-hydrogen) atoms. The van der Waals surface area contributed by atoms with E-state index in [0.717, 1.165) is 0 Å². The minimum absolute atomic E-state index is 0.0786. The van der Waals surface area contributed by atoms with Crippen LogP contribution in [-0.2, 0) is 0 Å². The van der Waals surface area contributed by atoms with E-state index >= 15 is 0 Å². The topological polar surface area (TPSA) is 83.1 Å². The van der Waals surface area contributed by atoms with Gasteiger partial charge in [-0.3, -0.25) is 15.1 Å². The molecule has 1 N–H and O–H groups in total. The molecule has 0 fully saturated rings. The van der Waals surface area contributed by atoms with Crippen molar-refractivity contribution < 1.29 is 4.92 Å². The third-order valence-electron chi connectivity index (χ3n) is 2.21. The summed E-state index contributed by atoms with van der Waals surface area (Å²) in [7, 11) is 0. The first-order chi connectivity index (χ1) is 7.74. The quantitative estimate of drug-likeness (QED) is 0.429. The predicted octanol–water partition coefficient (Wildman–Crippen LogP) is 0.0166. The molecule has 2 aliphatic heterocycles. The summed E-state index contributed by atoms with van der Waals surface area (Å²) in [6.07, 6.45) is 1.55. The van der Waals surface area contributed by atoms with E-state index in [1.807, 2.05) is 0 Å². The number of amidine groups is 1. The van der Waals surface area contributed by atoms with Crippen molar-refractivity contribution in [2.24, 2.45) is 9.98 Å². The Morgan fingerprint density at radius 2 is 2.50 bits per heavy atom. The molecule has 0 radical (unpaired) electrons. The lowest BCUT2D eigenvalue weighted by molar-refractivity contribution is -0.417. The average molecular weight is 244 g/mol. The Morgan fingerprint density at radius 3 is 3.19 bits per heavy atom. The highest BCUT2D eigenvalue weighted by Crippen LogP contribution is 2.17. The Balaban J connectivity index is 2.32. The lowest BCUT2D eigenvalue weighted by atomic mass is 10.3. The number of alkyl halides is 1. The summed E-state index contributed by atoms with van der Waals surface area (Å²) >= 11 is 5.51. The van der Waals surface area contributed by atoms with Crippen molar-refractivity contribution in [3.05, 3.63) is 21.6 Å². The molecule has 7 nitrogen and oxygen atoms in total. The van der Waals surface area contributed by atoms with E-state index in [1.54, 1.807) is 11.2 Å². The first-order valence-electron chi connectivity index (χ1n) is 4.78. The Morgan fingerprint density at radius 1 is 1.69 bits per heavy atom. The maximum atomic E-state index is 11.0. The Labute approximate surface area is 96.6 Å². The number of nitrogens with one attached hydrogen (secondary N) is 1. The van der Waals surface area contributed by atoms with Crippen LogP contribution in [-0.4, -0.2) is 47.5 Å². The van der Waals surface area contributed by atoms with Crippen molar-refractivity contribution in [2.75, 3.05) is 25.5 Å². The molecule has 2 aliphatic rings. The summed E-state index contributed by atoms with van der Waals surface area (Å²) in [5.41, 5.74) is -0.0786.